The number of fused-ring (bicyclic) bond motifs is 1. The minimum Gasteiger partial charge on any atom is -0.467 e. The summed E-state index contributed by atoms with van der Waals surface area (Å²) in [5, 5.41) is 7.53. The lowest BCUT2D eigenvalue weighted by molar-refractivity contribution is -0.315. The minimum absolute atomic E-state index is 0.0379. The van der Waals surface area contributed by atoms with Crippen molar-refractivity contribution in [3.05, 3.63) is 70.9 Å². The van der Waals surface area contributed by atoms with Crippen molar-refractivity contribution in [1.29, 1.82) is 0 Å². The zero-order valence-electron chi connectivity index (χ0n) is 20.1. The topological polar surface area (TPSA) is 111 Å². The summed E-state index contributed by atoms with van der Waals surface area (Å²) < 4.78 is 58.0. The van der Waals surface area contributed by atoms with Gasteiger partial charge in [-0.2, -0.15) is 0 Å². The van der Waals surface area contributed by atoms with Crippen molar-refractivity contribution < 1.29 is 42.1 Å². The van der Waals surface area contributed by atoms with Gasteiger partial charge in [0.2, 0.25) is 0 Å². The molecule has 38 heavy (non-hydrogen) atoms. The molecular weight excluding hydrogens is 528 g/mol. The Labute approximate surface area is 220 Å². The Hall–Kier alpha value is -3.45. The number of aromatic nitrogens is 3. The molecule has 2 unspecified atom stereocenters. The first kappa shape index (κ1) is 26.2. The second-order valence-electron chi connectivity index (χ2n) is 8.70. The maximum absolute atomic E-state index is 14.1. The van der Waals surface area contributed by atoms with Crippen molar-refractivity contribution in [3.63, 3.8) is 0 Å². The third kappa shape index (κ3) is 4.99. The fourth-order valence-corrected chi connectivity index (χ4v) is 4.68. The number of methoxy groups -OCH3 is 1. The molecule has 2 aliphatic rings. The number of nitrogens with zero attached hydrogens (tertiary/aromatic N) is 3. The lowest BCUT2D eigenvalue weighted by atomic mass is 9.91. The Bertz CT molecular complexity index is 1320. The van der Waals surface area contributed by atoms with Gasteiger partial charge in [0.1, 0.15) is 40.6 Å². The van der Waals surface area contributed by atoms with Crippen LogP contribution >= 0.6 is 11.6 Å². The number of rotatable bonds is 5. The highest BCUT2D eigenvalue weighted by Crippen LogP contribution is 2.41. The van der Waals surface area contributed by atoms with Gasteiger partial charge in [-0.05, 0) is 12.1 Å². The van der Waals surface area contributed by atoms with Crippen molar-refractivity contribution in [1.82, 2.24) is 15.0 Å². The summed E-state index contributed by atoms with van der Waals surface area (Å²) in [7, 11) is 1.17. The monoisotopic (exact) mass is 549 g/mol. The number of esters is 2. The van der Waals surface area contributed by atoms with Gasteiger partial charge in [-0.3, -0.25) is 4.79 Å². The number of halogens is 3. The zero-order valence-corrected chi connectivity index (χ0v) is 20.9. The first-order valence-electron chi connectivity index (χ1n) is 11.6. The predicted molar refractivity (Wildman–Crippen MR) is 126 cm³/mol. The lowest BCUT2D eigenvalue weighted by Gasteiger charge is -2.48. The maximum atomic E-state index is 14.1. The van der Waals surface area contributed by atoms with Crippen LogP contribution in [-0.2, 0) is 33.3 Å². The normalized spacial score (nSPS) is 26.9. The average Bonchev–Trinajstić information content (AvgIpc) is 3.40. The molecule has 0 N–H and O–H groups in total. The molecule has 0 radical (unpaired) electrons. The van der Waals surface area contributed by atoms with Crippen molar-refractivity contribution in [2.24, 2.45) is 0 Å². The van der Waals surface area contributed by atoms with Crippen LogP contribution in [0.25, 0.3) is 11.3 Å². The molecule has 3 aromatic rings. The maximum Gasteiger partial charge on any atom is 0.339 e. The van der Waals surface area contributed by atoms with Crippen LogP contribution in [0, 0.1) is 11.6 Å². The van der Waals surface area contributed by atoms with Crippen LogP contribution in [-0.4, -0.2) is 65.1 Å². The average molecular weight is 550 g/mol. The molecule has 2 aliphatic heterocycles. The number of hydrogen-bond donors (Lipinski definition) is 0. The number of ether oxygens (including phenoxy) is 5. The summed E-state index contributed by atoms with van der Waals surface area (Å²) >= 11 is 5.61. The van der Waals surface area contributed by atoms with Crippen LogP contribution in [0.1, 0.15) is 24.8 Å². The van der Waals surface area contributed by atoms with E-state index in [0.29, 0.717) is 0 Å². The van der Waals surface area contributed by atoms with E-state index in [0.717, 1.165) is 17.7 Å². The molecule has 2 saturated heterocycles. The molecule has 0 amide bonds. The van der Waals surface area contributed by atoms with E-state index >= 15 is 0 Å². The first-order chi connectivity index (χ1) is 18.3. The van der Waals surface area contributed by atoms with Crippen molar-refractivity contribution in [2.75, 3.05) is 13.7 Å². The summed E-state index contributed by atoms with van der Waals surface area (Å²) in [6, 6.07) is 10.2. The largest absolute Gasteiger partial charge is 0.467 e. The standard InChI is InChI=1S/C25H22ClF2N3O7/c1-12(32)36-22-20(31-10-17(29-30-31)14-8-15(27)19(26)16(28)9-14)21-18(37-23(22)24(33)34-2)11-35-25(38-21)13-6-4-3-5-7-13/h3-10,18,20-23,25H,11H2,1-2H3/t18-,20+,21+,22-,23?,25?/m1/s1. The number of carbonyl (C=O) groups is 2. The van der Waals surface area contributed by atoms with Gasteiger partial charge in [-0.25, -0.2) is 18.3 Å². The molecule has 3 heterocycles. The molecule has 0 aliphatic carbocycles. The molecule has 13 heteroatoms. The van der Waals surface area contributed by atoms with E-state index < -0.39 is 65.3 Å². The molecule has 2 aromatic carbocycles. The number of hydrogen-bond acceptors (Lipinski definition) is 9. The third-order valence-corrected chi connectivity index (χ3v) is 6.62. The van der Waals surface area contributed by atoms with Crippen LogP contribution in [0.4, 0.5) is 8.78 Å². The van der Waals surface area contributed by atoms with E-state index in [1.165, 1.54) is 24.9 Å². The van der Waals surface area contributed by atoms with E-state index in [1.807, 2.05) is 30.3 Å². The zero-order chi connectivity index (χ0) is 27.0. The predicted octanol–water partition coefficient (Wildman–Crippen LogP) is 3.40. The van der Waals surface area contributed by atoms with Crippen molar-refractivity contribution in [2.45, 2.75) is 43.7 Å². The Morgan fingerprint density at radius 3 is 2.50 bits per heavy atom. The van der Waals surface area contributed by atoms with E-state index in [-0.39, 0.29) is 17.9 Å². The van der Waals surface area contributed by atoms with Crippen molar-refractivity contribution in [3.8, 4) is 11.3 Å². The van der Waals surface area contributed by atoms with Gasteiger partial charge in [0.15, 0.2) is 18.5 Å². The van der Waals surface area contributed by atoms with E-state index in [4.69, 9.17) is 35.3 Å². The van der Waals surface area contributed by atoms with Crippen LogP contribution in [0.5, 0.6) is 0 Å². The Balaban J connectivity index is 1.56. The second kappa shape index (κ2) is 10.7. The molecule has 0 spiro atoms. The van der Waals surface area contributed by atoms with Gasteiger partial charge in [0, 0.05) is 18.1 Å². The van der Waals surface area contributed by atoms with Gasteiger partial charge in [0.05, 0.1) is 19.9 Å². The number of carbonyl (C=O) groups excluding carboxylic acids is 2. The van der Waals surface area contributed by atoms with Gasteiger partial charge >= 0.3 is 11.9 Å². The third-order valence-electron chi connectivity index (χ3n) is 6.25. The van der Waals surface area contributed by atoms with Gasteiger partial charge in [0.25, 0.3) is 0 Å². The molecule has 0 saturated carbocycles. The molecule has 6 atom stereocenters. The Morgan fingerprint density at radius 1 is 1.13 bits per heavy atom. The van der Waals surface area contributed by atoms with E-state index in [9.17, 15) is 18.4 Å². The van der Waals surface area contributed by atoms with Gasteiger partial charge in [-0.1, -0.05) is 47.1 Å². The summed E-state index contributed by atoms with van der Waals surface area (Å²) in [5.74, 6) is -3.41. The van der Waals surface area contributed by atoms with Crippen LogP contribution < -0.4 is 0 Å². The Kier molecular flexibility index (Phi) is 7.39. The van der Waals surface area contributed by atoms with Crippen LogP contribution in [0.2, 0.25) is 5.02 Å². The summed E-state index contributed by atoms with van der Waals surface area (Å²) in [6.45, 7) is 1.22. The summed E-state index contributed by atoms with van der Waals surface area (Å²) in [4.78, 5) is 24.8. The fourth-order valence-electron chi connectivity index (χ4n) is 4.57. The SMILES string of the molecule is COC(=O)C1O[C@@H]2COC(c3ccccc3)O[C@@H]2[C@H](n2cc(-c3cc(F)c(Cl)c(F)c3)nn2)[C@H]1OC(C)=O. The van der Waals surface area contributed by atoms with Crippen LogP contribution in [0.15, 0.2) is 48.7 Å². The quantitative estimate of drug-likeness (QED) is 0.349. The molecule has 1 aromatic heterocycles. The summed E-state index contributed by atoms with van der Waals surface area (Å²) in [6.07, 6.45) is -3.60. The molecule has 200 valence electrons. The summed E-state index contributed by atoms with van der Waals surface area (Å²) in [5.41, 5.74) is 0.906. The highest BCUT2D eigenvalue weighted by atomic mass is 35.5. The Morgan fingerprint density at radius 2 is 1.84 bits per heavy atom. The molecule has 0 bridgehead atoms. The minimum atomic E-state index is -1.34. The van der Waals surface area contributed by atoms with Gasteiger partial charge in [-0.15, -0.1) is 5.10 Å². The first-order valence-corrected chi connectivity index (χ1v) is 11.9. The second-order valence-corrected chi connectivity index (χ2v) is 9.08. The molecular formula is C25H22ClF2N3O7. The lowest BCUT2D eigenvalue weighted by Crippen LogP contribution is -2.62. The number of benzene rings is 2. The molecule has 10 nitrogen and oxygen atoms in total. The van der Waals surface area contributed by atoms with Gasteiger partial charge < -0.3 is 23.7 Å². The highest BCUT2D eigenvalue weighted by molar-refractivity contribution is 6.31. The van der Waals surface area contributed by atoms with E-state index in [2.05, 4.69) is 10.3 Å². The molecule has 2 fully saturated rings. The van der Waals surface area contributed by atoms with E-state index in [1.54, 1.807) is 0 Å². The van der Waals surface area contributed by atoms with Crippen LogP contribution in [0.3, 0.4) is 0 Å². The molecule has 5 rings (SSSR count). The van der Waals surface area contributed by atoms with Crippen molar-refractivity contribution >= 4 is 23.5 Å². The highest BCUT2D eigenvalue weighted by Gasteiger charge is 2.55. The smallest absolute Gasteiger partial charge is 0.339 e. The fraction of sp³-hybridized carbons (Fsp3) is 0.360.